The maximum atomic E-state index is 13.3. The Morgan fingerprint density at radius 1 is 1.00 bits per heavy atom. The molecule has 0 bridgehead atoms. The van der Waals surface area contributed by atoms with Crippen molar-refractivity contribution in [3.05, 3.63) is 78.0 Å². The van der Waals surface area contributed by atoms with E-state index in [9.17, 15) is 19.5 Å². The van der Waals surface area contributed by atoms with Crippen LogP contribution >= 0.6 is 0 Å². The number of carbonyl (C=O) groups excluding carboxylic acids is 2. The highest BCUT2D eigenvalue weighted by atomic mass is 16.4. The summed E-state index contributed by atoms with van der Waals surface area (Å²) in [5.41, 5.74) is 2.16. The van der Waals surface area contributed by atoms with E-state index >= 15 is 0 Å². The lowest BCUT2D eigenvalue weighted by atomic mass is 9.96. The predicted molar refractivity (Wildman–Crippen MR) is 114 cm³/mol. The Balaban J connectivity index is 1.96. The van der Waals surface area contributed by atoms with Gasteiger partial charge in [-0.15, -0.1) is 0 Å². The van der Waals surface area contributed by atoms with Gasteiger partial charge in [-0.2, -0.15) is 0 Å². The van der Waals surface area contributed by atoms with E-state index < -0.39 is 18.6 Å². The maximum absolute atomic E-state index is 13.3. The number of carboxylic acid groups (broad SMARTS) is 1. The molecule has 0 aliphatic carbocycles. The second kappa shape index (κ2) is 9.39. The van der Waals surface area contributed by atoms with Crippen LogP contribution in [0.25, 0.3) is 5.70 Å². The summed E-state index contributed by atoms with van der Waals surface area (Å²) >= 11 is 0. The second-order valence-electron chi connectivity index (χ2n) is 7.67. The molecular weight excluding hydrogens is 380 g/mol. The van der Waals surface area contributed by atoms with Crippen molar-refractivity contribution >= 4 is 23.5 Å². The Kier molecular flexibility index (Phi) is 6.67. The lowest BCUT2D eigenvalue weighted by Gasteiger charge is -2.40. The highest BCUT2D eigenvalue weighted by Crippen LogP contribution is 2.30. The van der Waals surface area contributed by atoms with E-state index in [1.807, 2.05) is 62.4 Å². The molecule has 6 nitrogen and oxygen atoms in total. The van der Waals surface area contributed by atoms with Gasteiger partial charge >= 0.3 is 5.97 Å². The summed E-state index contributed by atoms with van der Waals surface area (Å²) < 4.78 is 0. The first-order valence-corrected chi connectivity index (χ1v) is 10.0. The first kappa shape index (κ1) is 21.3. The van der Waals surface area contributed by atoms with E-state index in [2.05, 4.69) is 0 Å². The summed E-state index contributed by atoms with van der Waals surface area (Å²) in [5, 5.41) is 9.36. The molecule has 2 aromatic rings. The molecule has 1 atom stereocenters. The SMILES string of the molecule is CC(C)C1C(=O)N(CC(=O)O)C(c2ccccc2)=CN1C(=O)CCc1ccccc1. The molecule has 0 fully saturated rings. The molecule has 2 aromatic carbocycles. The molecule has 0 aromatic heterocycles. The molecule has 0 saturated heterocycles. The molecule has 156 valence electrons. The number of aliphatic carboxylic acids is 1. The van der Waals surface area contributed by atoms with Crippen molar-refractivity contribution < 1.29 is 19.5 Å². The smallest absolute Gasteiger partial charge is 0.323 e. The summed E-state index contributed by atoms with van der Waals surface area (Å²) in [6, 6.07) is 18.1. The number of amides is 2. The zero-order chi connectivity index (χ0) is 21.7. The first-order valence-electron chi connectivity index (χ1n) is 10.0. The molecular formula is C24H26N2O4. The van der Waals surface area contributed by atoms with Gasteiger partial charge in [0.15, 0.2) is 0 Å². The van der Waals surface area contributed by atoms with E-state index in [4.69, 9.17) is 0 Å². The molecule has 1 aliphatic rings. The van der Waals surface area contributed by atoms with Crippen LogP contribution in [0.3, 0.4) is 0 Å². The van der Waals surface area contributed by atoms with Crippen molar-refractivity contribution in [1.29, 1.82) is 0 Å². The fourth-order valence-electron chi connectivity index (χ4n) is 3.68. The molecule has 6 heteroatoms. The van der Waals surface area contributed by atoms with E-state index in [0.29, 0.717) is 17.7 Å². The van der Waals surface area contributed by atoms with Crippen LogP contribution in [-0.4, -0.2) is 45.3 Å². The average molecular weight is 406 g/mol. The molecule has 0 saturated carbocycles. The molecule has 0 radical (unpaired) electrons. The molecule has 0 spiro atoms. The van der Waals surface area contributed by atoms with Crippen LogP contribution in [0.4, 0.5) is 0 Å². The lowest BCUT2D eigenvalue weighted by Crippen LogP contribution is -2.55. The molecule has 2 amide bonds. The van der Waals surface area contributed by atoms with Crippen LogP contribution < -0.4 is 0 Å². The summed E-state index contributed by atoms with van der Waals surface area (Å²) in [6.45, 7) is 3.27. The Hall–Kier alpha value is -3.41. The molecule has 1 heterocycles. The van der Waals surface area contributed by atoms with Gasteiger partial charge in [-0.05, 0) is 23.5 Å². The van der Waals surface area contributed by atoms with Gasteiger partial charge in [-0.1, -0.05) is 74.5 Å². The Morgan fingerprint density at radius 3 is 2.17 bits per heavy atom. The van der Waals surface area contributed by atoms with E-state index in [0.717, 1.165) is 5.56 Å². The number of carbonyl (C=O) groups is 3. The number of benzene rings is 2. The van der Waals surface area contributed by atoms with E-state index in [-0.39, 0.29) is 24.2 Å². The highest BCUT2D eigenvalue weighted by molar-refractivity contribution is 5.99. The number of hydrogen-bond acceptors (Lipinski definition) is 3. The molecule has 3 rings (SSSR count). The van der Waals surface area contributed by atoms with Crippen LogP contribution in [0.1, 0.15) is 31.4 Å². The normalized spacial score (nSPS) is 16.6. The van der Waals surface area contributed by atoms with Gasteiger partial charge < -0.3 is 10.0 Å². The number of carboxylic acids is 1. The minimum atomic E-state index is -1.10. The van der Waals surface area contributed by atoms with Gasteiger partial charge in [0.05, 0.1) is 5.70 Å². The minimum Gasteiger partial charge on any atom is -0.480 e. The van der Waals surface area contributed by atoms with E-state index in [1.165, 1.54) is 9.80 Å². The van der Waals surface area contributed by atoms with Crippen molar-refractivity contribution in [2.24, 2.45) is 5.92 Å². The summed E-state index contributed by atoms with van der Waals surface area (Å²) in [4.78, 5) is 40.6. The van der Waals surface area contributed by atoms with Crippen molar-refractivity contribution in [3.8, 4) is 0 Å². The number of aryl methyl sites for hydroxylation is 1. The minimum absolute atomic E-state index is 0.158. The second-order valence-corrected chi connectivity index (χ2v) is 7.67. The van der Waals surface area contributed by atoms with Crippen LogP contribution in [0.5, 0.6) is 0 Å². The van der Waals surface area contributed by atoms with Crippen LogP contribution in [0.15, 0.2) is 66.9 Å². The van der Waals surface area contributed by atoms with E-state index in [1.54, 1.807) is 18.3 Å². The van der Waals surface area contributed by atoms with Gasteiger partial charge in [0.1, 0.15) is 12.6 Å². The van der Waals surface area contributed by atoms with Crippen molar-refractivity contribution in [1.82, 2.24) is 9.80 Å². The molecule has 30 heavy (non-hydrogen) atoms. The molecule has 1 aliphatic heterocycles. The van der Waals surface area contributed by atoms with Gasteiger partial charge in [-0.25, -0.2) is 0 Å². The van der Waals surface area contributed by atoms with Crippen LogP contribution in [0.2, 0.25) is 0 Å². The lowest BCUT2D eigenvalue weighted by molar-refractivity contribution is -0.148. The van der Waals surface area contributed by atoms with Crippen molar-refractivity contribution in [2.75, 3.05) is 6.54 Å². The molecule has 1 unspecified atom stereocenters. The number of hydrogen-bond donors (Lipinski definition) is 1. The summed E-state index contributed by atoms with van der Waals surface area (Å²) in [7, 11) is 0. The zero-order valence-electron chi connectivity index (χ0n) is 17.2. The van der Waals surface area contributed by atoms with Gasteiger partial charge in [0.25, 0.3) is 5.91 Å². The van der Waals surface area contributed by atoms with Gasteiger partial charge in [0, 0.05) is 12.6 Å². The topological polar surface area (TPSA) is 77.9 Å². The summed E-state index contributed by atoms with van der Waals surface area (Å²) in [6.07, 6.45) is 2.47. The number of nitrogens with zero attached hydrogens (tertiary/aromatic N) is 2. The molecule has 1 N–H and O–H groups in total. The standard InChI is InChI=1S/C24H26N2O4/c1-17(2)23-24(30)25(16-22(28)29)20(19-11-7-4-8-12-19)15-26(23)21(27)14-13-18-9-5-3-6-10-18/h3-12,15,17,23H,13-14,16H2,1-2H3,(H,28,29). The quantitative estimate of drug-likeness (QED) is 0.765. The Labute approximate surface area is 176 Å². The monoisotopic (exact) mass is 406 g/mol. The Bertz CT molecular complexity index is 938. The third kappa shape index (κ3) is 4.76. The van der Waals surface area contributed by atoms with Crippen molar-refractivity contribution in [2.45, 2.75) is 32.7 Å². The number of rotatable bonds is 7. The largest absolute Gasteiger partial charge is 0.480 e. The zero-order valence-corrected chi connectivity index (χ0v) is 17.2. The maximum Gasteiger partial charge on any atom is 0.323 e. The van der Waals surface area contributed by atoms with Crippen molar-refractivity contribution in [3.63, 3.8) is 0 Å². The fraction of sp³-hybridized carbons (Fsp3) is 0.292. The average Bonchev–Trinajstić information content (AvgIpc) is 2.74. The predicted octanol–water partition coefficient (Wildman–Crippen LogP) is 3.40. The fourth-order valence-corrected chi connectivity index (χ4v) is 3.68. The third-order valence-corrected chi connectivity index (χ3v) is 5.12. The third-order valence-electron chi connectivity index (χ3n) is 5.12. The van der Waals surface area contributed by atoms with Gasteiger partial charge in [0.2, 0.25) is 5.91 Å². The van der Waals surface area contributed by atoms with Crippen LogP contribution in [-0.2, 0) is 20.8 Å². The van der Waals surface area contributed by atoms with Gasteiger partial charge in [-0.3, -0.25) is 19.3 Å². The Morgan fingerprint density at radius 2 is 1.60 bits per heavy atom. The first-order chi connectivity index (χ1) is 14.4. The summed E-state index contributed by atoms with van der Waals surface area (Å²) in [5.74, 6) is -1.80. The van der Waals surface area contributed by atoms with Crippen LogP contribution in [0, 0.1) is 5.92 Å². The highest BCUT2D eigenvalue weighted by Gasteiger charge is 2.40.